The van der Waals surface area contributed by atoms with Crippen molar-refractivity contribution in [1.82, 2.24) is 0 Å². The molecule has 0 aromatic carbocycles. The molecule has 0 aromatic heterocycles. The van der Waals surface area contributed by atoms with Crippen LogP contribution in [0.3, 0.4) is 0 Å². The zero-order chi connectivity index (χ0) is 17.1. The summed E-state index contributed by atoms with van der Waals surface area (Å²) in [5, 5.41) is 0. The Morgan fingerprint density at radius 1 is 0.682 bits per heavy atom. The van der Waals surface area contributed by atoms with Crippen molar-refractivity contribution >= 4 is 16.9 Å². The van der Waals surface area contributed by atoms with Gasteiger partial charge in [-0.25, -0.2) is 0 Å². The van der Waals surface area contributed by atoms with E-state index in [4.69, 9.17) is 3.97 Å². The molecule has 0 bridgehead atoms. The zero-order valence-electron chi connectivity index (χ0n) is 15.6. The molecule has 0 rings (SSSR count). The van der Waals surface area contributed by atoms with E-state index in [1.165, 1.54) is 6.26 Å². The monoisotopic (exact) mass is 354 g/mol. The number of hydrogen-bond donors (Lipinski definition) is 0. The van der Waals surface area contributed by atoms with E-state index in [9.17, 15) is 8.42 Å². The predicted molar refractivity (Wildman–Crippen MR) is 102 cm³/mol. The van der Waals surface area contributed by atoms with Crippen LogP contribution >= 0.6 is 6.83 Å². The van der Waals surface area contributed by atoms with E-state index >= 15 is 0 Å². The minimum atomic E-state index is -3.40. The first-order chi connectivity index (χ1) is 10.3. The van der Waals surface area contributed by atoms with Crippen LogP contribution in [0.1, 0.15) is 79.1 Å². The fourth-order valence-corrected chi connectivity index (χ4v) is 13.5. The summed E-state index contributed by atoms with van der Waals surface area (Å²) in [6.07, 6.45) is 14.0. The van der Waals surface area contributed by atoms with Crippen LogP contribution in [0.15, 0.2) is 0 Å². The molecule has 136 valence electrons. The van der Waals surface area contributed by atoms with Gasteiger partial charge in [0.2, 0.25) is 0 Å². The van der Waals surface area contributed by atoms with E-state index in [0.29, 0.717) is 0 Å². The van der Waals surface area contributed by atoms with Crippen molar-refractivity contribution in [1.29, 1.82) is 0 Å². The maximum atomic E-state index is 12.1. The van der Waals surface area contributed by atoms with E-state index in [2.05, 4.69) is 27.7 Å². The molecule has 0 amide bonds. The van der Waals surface area contributed by atoms with Gasteiger partial charge in [-0.3, -0.25) is 0 Å². The molecule has 0 aliphatic carbocycles. The van der Waals surface area contributed by atoms with Crippen LogP contribution in [-0.4, -0.2) is 39.3 Å². The molecule has 0 fully saturated rings. The third-order valence-corrected chi connectivity index (χ3v) is 13.2. The van der Waals surface area contributed by atoms with Crippen LogP contribution < -0.4 is 0 Å². The summed E-state index contributed by atoms with van der Waals surface area (Å²) in [7, 11) is -3.40. The van der Waals surface area contributed by atoms with Gasteiger partial charge in [-0.15, -0.1) is 0 Å². The molecular weight excluding hydrogens is 315 g/mol. The molecule has 0 radical (unpaired) electrons. The molecule has 0 N–H and O–H groups in total. The van der Waals surface area contributed by atoms with Crippen molar-refractivity contribution < 1.29 is 12.4 Å². The van der Waals surface area contributed by atoms with E-state index in [1.54, 1.807) is 0 Å². The normalized spacial score (nSPS) is 14.7. The molecular formula is C17H39O3PS. The first kappa shape index (κ1) is 22.3. The average Bonchev–Trinajstić information content (AvgIpc) is 2.46. The Kier molecular flexibility index (Phi) is 10.4. The second kappa shape index (κ2) is 10.3. The van der Waals surface area contributed by atoms with Gasteiger partial charge in [-0.1, -0.05) is 0 Å². The molecule has 0 aliphatic rings. The second-order valence-electron chi connectivity index (χ2n) is 6.95. The Morgan fingerprint density at radius 3 is 1.14 bits per heavy atom. The third kappa shape index (κ3) is 7.75. The minimum absolute atomic E-state index is 0.995. The van der Waals surface area contributed by atoms with Gasteiger partial charge in [0.25, 0.3) is 0 Å². The zero-order valence-corrected chi connectivity index (χ0v) is 17.3. The van der Waals surface area contributed by atoms with Gasteiger partial charge in [0, 0.05) is 0 Å². The number of rotatable bonds is 14. The molecule has 3 nitrogen and oxygen atoms in total. The molecule has 0 atom stereocenters. The Balaban J connectivity index is 5.76. The van der Waals surface area contributed by atoms with Crippen molar-refractivity contribution in [3.05, 3.63) is 0 Å². The van der Waals surface area contributed by atoms with Crippen LogP contribution in [0.5, 0.6) is 0 Å². The maximum absolute atomic E-state index is 12.1. The summed E-state index contributed by atoms with van der Waals surface area (Å²) < 4.78 is 30.4. The Labute approximate surface area is 139 Å². The first-order valence-corrected chi connectivity index (χ1v) is 13.9. The number of unbranched alkanes of at least 4 members (excludes halogenated alkanes) is 4. The number of hydrogen-bond acceptors (Lipinski definition) is 3. The quantitative estimate of drug-likeness (QED) is 0.380. The van der Waals surface area contributed by atoms with Crippen LogP contribution in [0.4, 0.5) is 0 Å². The van der Waals surface area contributed by atoms with Crippen molar-refractivity contribution in [2.75, 3.05) is 30.9 Å². The first-order valence-electron chi connectivity index (χ1n) is 9.18. The van der Waals surface area contributed by atoms with Crippen LogP contribution in [-0.2, 0) is 14.1 Å². The van der Waals surface area contributed by atoms with Gasteiger partial charge >= 0.3 is 139 Å². The molecule has 5 heteroatoms. The van der Waals surface area contributed by atoms with Gasteiger partial charge in [0.1, 0.15) is 0 Å². The van der Waals surface area contributed by atoms with Gasteiger partial charge < -0.3 is 0 Å². The van der Waals surface area contributed by atoms with Crippen LogP contribution in [0, 0.1) is 0 Å². The fraction of sp³-hybridized carbons (Fsp3) is 1.00. The predicted octanol–water partition coefficient (Wildman–Crippen LogP) is 5.63. The summed E-state index contributed by atoms with van der Waals surface area (Å²) in [6.45, 7) is 6.10. The molecule has 0 unspecified atom stereocenters. The Hall–Kier alpha value is 0.340. The summed E-state index contributed by atoms with van der Waals surface area (Å²) in [5.74, 6) is 0. The van der Waals surface area contributed by atoms with Crippen molar-refractivity contribution in [3.8, 4) is 0 Å². The molecule has 0 spiro atoms. The molecule has 0 aliphatic heterocycles. The Bertz CT molecular complexity index is 349. The van der Waals surface area contributed by atoms with Crippen molar-refractivity contribution in [2.45, 2.75) is 79.1 Å². The summed E-state index contributed by atoms with van der Waals surface area (Å²) >= 11 is 0. The SMILES string of the molecule is CCCCP(CCCC)(CCCC)(CCCC)OS(C)(=O)=O. The van der Waals surface area contributed by atoms with E-state index in [1.807, 2.05) is 0 Å². The second-order valence-corrected chi connectivity index (χ2v) is 14.5. The van der Waals surface area contributed by atoms with Gasteiger partial charge in [-0.05, 0) is 0 Å². The van der Waals surface area contributed by atoms with E-state index in [-0.39, 0.29) is 0 Å². The molecule has 0 saturated carbocycles. The summed E-state index contributed by atoms with van der Waals surface area (Å²) in [5.41, 5.74) is 0. The van der Waals surface area contributed by atoms with Crippen LogP contribution in [0.2, 0.25) is 0 Å². The van der Waals surface area contributed by atoms with E-state index < -0.39 is 16.9 Å². The molecule has 22 heavy (non-hydrogen) atoms. The van der Waals surface area contributed by atoms with Gasteiger partial charge in [0.15, 0.2) is 0 Å². The average molecular weight is 355 g/mol. The van der Waals surface area contributed by atoms with Crippen molar-refractivity contribution in [3.63, 3.8) is 0 Å². The molecule has 0 heterocycles. The fourth-order valence-electron chi connectivity index (χ4n) is 3.44. The van der Waals surface area contributed by atoms with Crippen molar-refractivity contribution in [2.24, 2.45) is 0 Å². The third-order valence-electron chi connectivity index (χ3n) is 4.66. The van der Waals surface area contributed by atoms with Gasteiger partial charge in [-0.2, -0.15) is 0 Å². The van der Waals surface area contributed by atoms with Gasteiger partial charge in [0.05, 0.1) is 0 Å². The Morgan fingerprint density at radius 2 is 0.955 bits per heavy atom. The molecule has 0 aromatic rings. The summed E-state index contributed by atoms with van der Waals surface area (Å²) in [6, 6.07) is 0. The summed E-state index contributed by atoms with van der Waals surface area (Å²) in [4.78, 5) is 0. The van der Waals surface area contributed by atoms with Crippen LogP contribution in [0.25, 0.3) is 0 Å². The molecule has 0 saturated heterocycles. The topological polar surface area (TPSA) is 43.4 Å². The van der Waals surface area contributed by atoms with E-state index in [0.717, 1.165) is 76.0 Å². The standard InChI is InChI=1S/C17H39O3PS/c1-6-10-14-21(15-11-7-2,16-12-8-3,17-13-9-4)20-22(5,18)19/h6-17H2,1-5H3.